The second kappa shape index (κ2) is 7.39. The molecule has 2 aliphatic rings. The van der Waals surface area contributed by atoms with Gasteiger partial charge < -0.3 is 10.1 Å². The van der Waals surface area contributed by atoms with Gasteiger partial charge in [-0.1, -0.05) is 0 Å². The summed E-state index contributed by atoms with van der Waals surface area (Å²) >= 11 is 1.92. The van der Waals surface area contributed by atoms with Crippen LogP contribution in [0.2, 0.25) is 0 Å². The maximum absolute atomic E-state index is 5.53. The highest BCUT2D eigenvalue weighted by atomic mass is 32.1. The highest BCUT2D eigenvalue weighted by Crippen LogP contribution is 2.29. The quantitative estimate of drug-likeness (QED) is 0.904. The topological polar surface area (TPSA) is 37.4 Å². The van der Waals surface area contributed by atoms with E-state index in [2.05, 4.69) is 31.0 Å². The molecule has 2 heterocycles. The molecule has 0 saturated carbocycles. The molecule has 3 atom stereocenters. The number of hydrogen-bond acceptors (Lipinski definition) is 5. The first-order valence-electron chi connectivity index (χ1n) is 8.70. The van der Waals surface area contributed by atoms with E-state index in [9.17, 15) is 0 Å². The Balaban J connectivity index is 1.53. The lowest BCUT2D eigenvalue weighted by atomic mass is 10.0. The smallest absolute Gasteiger partial charge is 0.110 e. The molecule has 1 fully saturated rings. The van der Waals surface area contributed by atoms with Crippen LogP contribution in [0.5, 0.6) is 0 Å². The zero-order chi connectivity index (χ0) is 15.5. The minimum absolute atomic E-state index is 0.356. The van der Waals surface area contributed by atoms with E-state index in [1.165, 1.54) is 41.3 Å². The van der Waals surface area contributed by atoms with Gasteiger partial charge in [0.2, 0.25) is 0 Å². The largest absolute Gasteiger partial charge is 0.379 e. The summed E-state index contributed by atoms with van der Waals surface area (Å²) in [4.78, 5) is 8.96. The Kier molecular flexibility index (Phi) is 5.50. The molecule has 4 nitrogen and oxygen atoms in total. The summed E-state index contributed by atoms with van der Waals surface area (Å²) in [5.41, 5.74) is 1.37. The maximum atomic E-state index is 5.53. The number of nitrogens with one attached hydrogen (secondary N) is 1. The van der Waals surface area contributed by atoms with Crippen molar-refractivity contribution in [3.63, 3.8) is 0 Å². The Labute approximate surface area is 138 Å². The van der Waals surface area contributed by atoms with Gasteiger partial charge in [-0.25, -0.2) is 4.98 Å². The van der Waals surface area contributed by atoms with Gasteiger partial charge in [-0.2, -0.15) is 0 Å². The lowest BCUT2D eigenvalue weighted by molar-refractivity contribution is -0.0184. The van der Waals surface area contributed by atoms with Gasteiger partial charge in [-0.15, -0.1) is 11.3 Å². The fourth-order valence-electron chi connectivity index (χ4n) is 3.50. The van der Waals surface area contributed by atoms with Crippen LogP contribution in [-0.2, 0) is 17.6 Å². The van der Waals surface area contributed by atoms with E-state index in [1.54, 1.807) is 0 Å². The molecular weight excluding hydrogens is 294 g/mol. The maximum Gasteiger partial charge on any atom is 0.110 e. The second-order valence-corrected chi connectivity index (χ2v) is 7.89. The molecule has 0 aromatic carbocycles. The normalized spacial score (nSPS) is 25.7. The van der Waals surface area contributed by atoms with E-state index >= 15 is 0 Å². The predicted molar refractivity (Wildman–Crippen MR) is 91.6 cm³/mol. The first kappa shape index (κ1) is 16.4. The highest BCUT2D eigenvalue weighted by Gasteiger charge is 2.24. The first-order valence-corrected chi connectivity index (χ1v) is 9.52. The molecule has 1 saturated heterocycles. The number of aromatic nitrogens is 1. The third-order valence-corrected chi connectivity index (χ3v) is 6.28. The third kappa shape index (κ3) is 3.70. The van der Waals surface area contributed by atoms with Gasteiger partial charge in [0, 0.05) is 30.1 Å². The Bertz CT molecular complexity index is 467. The number of rotatable bonds is 5. The van der Waals surface area contributed by atoms with Crippen LogP contribution in [-0.4, -0.2) is 48.3 Å². The Morgan fingerprint density at radius 1 is 1.36 bits per heavy atom. The zero-order valence-electron chi connectivity index (χ0n) is 14.1. The summed E-state index contributed by atoms with van der Waals surface area (Å²) in [5, 5.41) is 4.96. The molecule has 3 unspecified atom stereocenters. The lowest BCUT2D eigenvalue weighted by Crippen LogP contribution is -2.51. The monoisotopic (exact) mass is 323 g/mol. The van der Waals surface area contributed by atoms with E-state index in [1.807, 2.05) is 11.3 Å². The minimum Gasteiger partial charge on any atom is -0.379 e. The fraction of sp³-hybridized carbons (Fsp3) is 0.824. The van der Waals surface area contributed by atoms with Crippen LogP contribution in [0.15, 0.2) is 0 Å². The number of thiazole rings is 1. The molecule has 0 amide bonds. The van der Waals surface area contributed by atoms with Crippen molar-refractivity contribution in [1.29, 1.82) is 0 Å². The van der Waals surface area contributed by atoms with Gasteiger partial charge in [-0.3, -0.25) is 4.90 Å². The molecule has 1 aromatic rings. The molecule has 1 aliphatic heterocycles. The summed E-state index contributed by atoms with van der Waals surface area (Å²) in [6.45, 7) is 10.6. The molecule has 0 spiro atoms. The molecule has 3 rings (SSSR count). The van der Waals surface area contributed by atoms with Crippen molar-refractivity contribution in [2.75, 3.05) is 26.3 Å². The molecule has 1 aliphatic carbocycles. The van der Waals surface area contributed by atoms with Crippen LogP contribution < -0.4 is 5.32 Å². The Morgan fingerprint density at radius 2 is 2.18 bits per heavy atom. The molecule has 0 radical (unpaired) electrons. The summed E-state index contributed by atoms with van der Waals surface area (Å²) in [6.07, 6.45) is 5.06. The van der Waals surface area contributed by atoms with E-state index in [0.29, 0.717) is 18.1 Å². The number of hydrogen-bond donors (Lipinski definition) is 1. The molecular formula is C17H29N3OS. The summed E-state index contributed by atoms with van der Waals surface area (Å²) in [6, 6.07) is 1.42. The fourth-order valence-corrected chi connectivity index (χ4v) is 4.68. The van der Waals surface area contributed by atoms with Gasteiger partial charge in [0.1, 0.15) is 5.01 Å². The summed E-state index contributed by atoms with van der Waals surface area (Å²) in [5.74, 6) is 0. The van der Waals surface area contributed by atoms with Crippen LogP contribution in [0.4, 0.5) is 0 Å². The lowest BCUT2D eigenvalue weighted by Gasteiger charge is -2.38. The van der Waals surface area contributed by atoms with Crippen molar-refractivity contribution in [3.05, 3.63) is 15.6 Å². The number of fused-ring (bicyclic) bond motifs is 1. The average molecular weight is 324 g/mol. The number of nitrogens with zero attached hydrogens (tertiary/aromatic N) is 2. The van der Waals surface area contributed by atoms with Crippen molar-refractivity contribution in [2.45, 2.75) is 64.6 Å². The minimum atomic E-state index is 0.356. The summed E-state index contributed by atoms with van der Waals surface area (Å²) < 4.78 is 5.53. The molecule has 22 heavy (non-hydrogen) atoms. The SMILES string of the molecule is CC(NCC(C)N1CCOCC1C)c1nc2c(s1)CCCC2. The Hall–Kier alpha value is -0.490. The van der Waals surface area contributed by atoms with E-state index in [0.717, 1.165) is 26.3 Å². The molecule has 124 valence electrons. The predicted octanol–water partition coefficient (Wildman–Crippen LogP) is 2.78. The zero-order valence-corrected chi connectivity index (χ0v) is 14.9. The van der Waals surface area contributed by atoms with Crippen LogP contribution in [0, 0.1) is 0 Å². The van der Waals surface area contributed by atoms with E-state index in [-0.39, 0.29) is 0 Å². The molecule has 5 heteroatoms. The average Bonchev–Trinajstić information content (AvgIpc) is 2.97. The van der Waals surface area contributed by atoms with Crippen LogP contribution in [0.3, 0.4) is 0 Å². The number of morpholine rings is 1. The van der Waals surface area contributed by atoms with Crippen LogP contribution in [0.25, 0.3) is 0 Å². The van der Waals surface area contributed by atoms with Gasteiger partial charge in [0.05, 0.1) is 24.9 Å². The van der Waals surface area contributed by atoms with Crippen molar-refractivity contribution < 1.29 is 4.74 Å². The van der Waals surface area contributed by atoms with Gasteiger partial charge in [-0.05, 0) is 46.5 Å². The van der Waals surface area contributed by atoms with E-state index < -0.39 is 0 Å². The van der Waals surface area contributed by atoms with Crippen molar-refractivity contribution in [2.24, 2.45) is 0 Å². The molecule has 1 N–H and O–H groups in total. The summed E-state index contributed by atoms with van der Waals surface area (Å²) in [7, 11) is 0. The van der Waals surface area contributed by atoms with Crippen LogP contribution in [0.1, 0.15) is 55.2 Å². The van der Waals surface area contributed by atoms with Crippen molar-refractivity contribution in [3.8, 4) is 0 Å². The number of ether oxygens (including phenoxy) is 1. The van der Waals surface area contributed by atoms with Crippen molar-refractivity contribution in [1.82, 2.24) is 15.2 Å². The first-order chi connectivity index (χ1) is 10.6. The Morgan fingerprint density at radius 3 is 2.95 bits per heavy atom. The standard InChI is InChI=1S/C17H29N3OS/c1-12(20-8-9-21-11-13(20)2)10-18-14(3)17-19-15-6-4-5-7-16(15)22-17/h12-14,18H,4-11H2,1-3H3. The van der Waals surface area contributed by atoms with Gasteiger partial charge in [0.25, 0.3) is 0 Å². The highest BCUT2D eigenvalue weighted by molar-refractivity contribution is 7.11. The second-order valence-electron chi connectivity index (χ2n) is 6.77. The third-order valence-electron chi connectivity index (χ3n) is 4.94. The molecule has 0 bridgehead atoms. The van der Waals surface area contributed by atoms with Crippen molar-refractivity contribution >= 4 is 11.3 Å². The number of aryl methyl sites for hydroxylation is 2. The van der Waals surface area contributed by atoms with Gasteiger partial charge >= 0.3 is 0 Å². The van der Waals surface area contributed by atoms with E-state index in [4.69, 9.17) is 9.72 Å². The van der Waals surface area contributed by atoms with Gasteiger partial charge in [0.15, 0.2) is 0 Å². The molecule has 1 aromatic heterocycles. The van der Waals surface area contributed by atoms with Crippen LogP contribution >= 0.6 is 11.3 Å².